The second-order valence-corrected chi connectivity index (χ2v) is 10.3. The molecule has 3 aromatic carbocycles. The molecule has 0 aromatic heterocycles. The van der Waals surface area contributed by atoms with Crippen molar-refractivity contribution in [1.82, 2.24) is 0 Å². The van der Waals surface area contributed by atoms with Crippen LogP contribution in [0.1, 0.15) is 107 Å². The minimum absolute atomic E-state index is 0.389. The third-order valence-corrected chi connectivity index (χ3v) is 6.30. The van der Waals surface area contributed by atoms with Crippen molar-refractivity contribution in [3.63, 3.8) is 0 Å². The third-order valence-electron chi connectivity index (χ3n) is 6.30. The van der Waals surface area contributed by atoms with Gasteiger partial charge >= 0.3 is 0 Å². The summed E-state index contributed by atoms with van der Waals surface area (Å²) in [5, 5.41) is 0. The normalized spacial score (nSPS) is 12.6. The van der Waals surface area contributed by atoms with Crippen LogP contribution < -0.4 is 0 Å². The van der Waals surface area contributed by atoms with Crippen LogP contribution in [0.4, 0.5) is 11.4 Å². The lowest BCUT2D eigenvalue weighted by molar-refractivity contribution is 0.834. The molecule has 178 valence electrons. The van der Waals surface area contributed by atoms with Gasteiger partial charge in [0.05, 0.1) is 23.3 Å². The first-order chi connectivity index (χ1) is 16.2. The zero-order valence-electron chi connectivity index (χ0n) is 22.1. The van der Waals surface area contributed by atoms with Crippen molar-refractivity contribution >= 4 is 23.3 Å². The van der Waals surface area contributed by atoms with Gasteiger partial charge in [-0.2, -0.15) is 0 Å². The van der Waals surface area contributed by atoms with Gasteiger partial charge < -0.3 is 0 Å². The van der Waals surface area contributed by atoms with E-state index in [1.54, 1.807) is 0 Å². The minimum Gasteiger partial charge on any atom is -0.254 e. The Morgan fingerprint density at radius 2 is 0.941 bits per heavy atom. The summed E-state index contributed by atoms with van der Waals surface area (Å²) in [7, 11) is 0. The lowest BCUT2D eigenvalue weighted by Gasteiger charge is -2.18. The molecule has 0 saturated heterocycles. The lowest BCUT2D eigenvalue weighted by Crippen LogP contribution is -2.05. The molecule has 0 N–H and O–H groups in total. The Balaban J connectivity index is 2.25. The van der Waals surface area contributed by atoms with Gasteiger partial charge in [0.25, 0.3) is 0 Å². The van der Waals surface area contributed by atoms with E-state index < -0.39 is 0 Å². The van der Waals surface area contributed by atoms with Crippen LogP contribution in [0.3, 0.4) is 0 Å². The highest BCUT2D eigenvalue weighted by Gasteiger charge is 2.16. The predicted octanol–water partition coefficient (Wildman–Crippen LogP) is 9.70. The summed E-state index contributed by atoms with van der Waals surface area (Å²) in [4.78, 5) is 10.4. The molecule has 0 spiro atoms. The molecule has 2 nitrogen and oxygen atoms in total. The van der Waals surface area contributed by atoms with Crippen LogP contribution in [0, 0.1) is 0 Å². The standard InChI is InChI=1S/C32H40N2/c1-21(2)26-16-12-17-27(22(3)4)31(26)33-20-30(25-14-10-9-11-15-25)34-32-28(23(5)6)18-13-19-29(32)24(7)8/h9-24H,1-8H3. The summed E-state index contributed by atoms with van der Waals surface area (Å²) in [6.07, 6.45) is 1.98. The number of hydrogen-bond donors (Lipinski definition) is 0. The average Bonchev–Trinajstić information content (AvgIpc) is 2.81. The molecule has 0 amide bonds. The van der Waals surface area contributed by atoms with Gasteiger partial charge in [-0.15, -0.1) is 0 Å². The fourth-order valence-corrected chi connectivity index (χ4v) is 4.32. The highest BCUT2D eigenvalue weighted by molar-refractivity contribution is 6.39. The molecule has 0 bridgehead atoms. The van der Waals surface area contributed by atoms with Gasteiger partial charge in [0.2, 0.25) is 0 Å². The lowest BCUT2D eigenvalue weighted by atomic mass is 9.92. The van der Waals surface area contributed by atoms with Crippen LogP contribution in [0.2, 0.25) is 0 Å². The smallest absolute Gasteiger partial charge is 0.0892 e. The van der Waals surface area contributed by atoms with Crippen molar-refractivity contribution < 1.29 is 0 Å². The first-order valence-electron chi connectivity index (χ1n) is 12.6. The van der Waals surface area contributed by atoms with Crippen molar-refractivity contribution in [1.29, 1.82) is 0 Å². The Morgan fingerprint density at radius 3 is 1.35 bits per heavy atom. The van der Waals surface area contributed by atoms with Gasteiger partial charge in [0.15, 0.2) is 0 Å². The summed E-state index contributed by atoms with van der Waals surface area (Å²) in [6, 6.07) is 23.6. The molecule has 0 fully saturated rings. The molecule has 0 aliphatic carbocycles. The van der Waals surface area contributed by atoms with Crippen molar-refractivity contribution in [3.05, 3.63) is 94.5 Å². The van der Waals surface area contributed by atoms with E-state index >= 15 is 0 Å². The van der Waals surface area contributed by atoms with Gasteiger partial charge in [-0.3, -0.25) is 4.99 Å². The molecular formula is C32H40N2. The number of benzene rings is 3. The summed E-state index contributed by atoms with van der Waals surface area (Å²) in [5.41, 5.74) is 9.24. The van der Waals surface area contributed by atoms with Gasteiger partial charge in [-0.05, 0) is 45.9 Å². The van der Waals surface area contributed by atoms with Gasteiger partial charge in [-0.25, -0.2) is 4.99 Å². The number of hydrogen-bond acceptors (Lipinski definition) is 2. The fraction of sp³-hybridized carbons (Fsp3) is 0.375. The molecule has 2 heteroatoms. The maximum atomic E-state index is 5.30. The van der Waals surface area contributed by atoms with E-state index in [2.05, 4.69) is 116 Å². The molecule has 0 aliphatic heterocycles. The Labute approximate surface area is 206 Å². The maximum Gasteiger partial charge on any atom is 0.0892 e. The fourth-order valence-electron chi connectivity index (χ4n) is 4.32. The van der Waals surface area contributed by atoms with Crippen LogP contribution in [0.25, 0.3) is 0 Å². The summed E-state index contributed by atoms with van der Waals surface area (Å²) < 4.78 is 0. The molecule has 3 rings (SSSR count). The van der Waals surface area contributed by atoms with Crippen LogP contribution in [0.5, 0.6) is 0 Å². The van der Waals surface area contributed by atoms with Crippen molar-refractivity contribution in [2.24, 2.45) is 9.98 Å². The molecule has 0 aliphatic rings. The zero-order chi connectivity index (χ0) is 24.8. The number of aliphatic imine (C=N–C) groups is 2. The van der Waals surface area contributed by atoms with E-state index in [4.69, 9.17) is 9.98 Å². The number of para-hydroxylation sites is 2. The maximum absolute atomic E-state index is 5.30. The monoisotopic (exact) mass is 452 g/mol. The summed E-state index contributed by atoms with van der Waals surface area (Å²) >= 11 is 0. The van der Waals surface area contributed by atoms with E-state index in [1.165, 1.54) is 22.3 Å². The van der Waals surface area contributed by atoms with Gasteiger partial charge in [0, 0.05) is 5.56 Å². The molecule has 0 heterocycles. The molecular weight excluding hydrogens is 412 g/mol. The number of rotatable bonds is 8. The Kier molecular flexibility index (Phi) is 8.61. The number of nitrogens with zero attached hydrogens (tertiary/aromatic N) is 2. The molecule has 0 saturated carbocycles. The van der Waals surface area contributed by atoms with Gasteiger partial charge in [-0.1, -0.05) is 122 Å². The molecule has 0 atom stereocenters. The SMILES string of the molecule is CC(C)c1cccc(C(C)C)c1N=CC(=Nc1c(C(C)C)cccc1C(C)C)c1ccccc1. The second kappa shape index (κ2) is 11.4. The quantitative estimate of drug-likeness (QED) is 0.304. The highest BCUT2D eigenvalue weighted by Crippen LogP contribution is 2.36. The van der Waals surface area contributed by atoms with Crippen molar-refractivity contribution in [2.75, 3.05) is 0 Å². The van der Waals surface area contributed by atoms with E-state index in [-0.39, 0.29) is 0 Å². The third kappa shape index (κ3) is 5.91. The van der Waals surface area contributed by atoms with E-state index in [0.717, 1.165) is 22.6 Å². The van der Waals surface area contributed by atoms with Crippen molar-refractivity contribution in [2.45, 2.75) is 79.1 Å². The van der Waals surface area contributed by atoms with Crippen LogP contribution >= 0.6 is 0 Å². The van der Waals surface area contributed by atoms with Crippen LogP contribution in [0.15, 0.2) is 76.7 Å². The predicted molar refractivity (Wildman–Crippen MR) is 150 cm³/mol. The Morgan fingerprint density at radius 1 is 0.529 bits per heavy atom. The second-order valence-electron chi connectivity index (χ2n) is 10.3. The van der Waals surface area contributed by atoms with E-state index in [1.807, 2.05) is 12.3 Å². The molecule has 34 heavy (non-hydrogen) atoms. The first-order valence-corrected chi connectivity index (χ1v) is 12.6. The molecule has 3 aromatic rings. The topological polar surface area (TPSA) is 24.7 Å². The van der Waals surface area contributed by atoms with E-state index in [9.17, 15) is 0 Å². The minimum atomic E-state index is 0.389. The Bertz CT molecular complexity index is 1100. The average molecular weight is 453 g/mol. The molecule has 0 unspecified atom stereocenters. The molecule has 0 radical (unpaired) electrons. The van der Waals surface area contributed by atoms with E-state index in [0.29, 0.717) is 23.7 Å². The van der Waals surface area contributed by atoms with Crippen LogP contribution in [-0.4, -0.2) is 11.9 Å². The first kappa shape index (κ1) is 25.6. The van der Waals surface area contributed by atoms with Crippen LogP contribution in [-0.2, 0) is 0 Å². The van der Waals surface area contributed by atoms with Crippen molar-refractivity contribution in [3.8, 4) is 0 Å². The highest BCUT2D eigenvalue weighted by atomic mass is 14.8. The summed E-state index contributed by atoms with van der Waals surface area (Å²) in [6.45, 7) is 17.9. The zero-order valence-corrected chi connectivity index (χ0v) is 22.1. The largest absolute Gasteiger partial charge is 0.254 e. The summed E-state index contributed by atoms with van der Waals surface area (Å²) in [5.74, 6) is 1.58. The Hall–Kier alpha value is -3.00. The van der Waals surface area contributed by atoms with Gasteiger partial charge in [0.1, 0.15) is 0 Å².